The molecule has 0 N–H and O–H groups in total. The van der Waals surface area contributed by atoms with Gasteiger partial charge in [0.25, 0.3) is 0 Å². The van der Waals surface area contributed by atoms with Crippen LogP contribution in [0.3, 0.4) is 0 Å². The molecule has 0 fully saturated rings. The third-order valence-electron chi connectivity index (χ3n) is 5.55. The molecule has 4 heteroatoms. The topological polar surface area (TPSA) is 38.9 Å². The van der Waals surface area contributed by atoms with E-state index in [4.69, 9.17) is 14.4 Å². The standard InChI is InChI=1S/C28H17BrN2O/c29-22-13-7-11-20(17-22)19-10-6-12-21(16-19)28-30-25(18-8-2-1-3-9-18)27-26(31-28)23-14-4-5-15-24(23)32-27/h1-17H. The molecule has 0 bridgehead atoms. The molecule has 6 aromatic rings. The summed E-state index contributed by atoms with van der Waals surface area (Å²) in [6.07, 6.45) is 0. The quantitative estimate of drug-likeness (QED) is 0.258. The van der Waals surface area contributed by atoms with E-state index in [-0.39, 0.29) is 0 Å². The van der Waals surface area contributed by atoms with Crippen molar-refractivity contribution in [1.29, 1.82) is 0 Å². The van der Waals surface area contributed by atoms with Gasteiger partial charge in [0.2, 0.25) is 0 Å². The molecule has 6 rings (SSSR count). The molecular weight excluding hydrogens is 460 g/mol. The second-order valence-electron chi connectivity index (χ2n) is 7.63. The molecule has 0 unspecified atom stereocenters. The van der Waals surface area contributed by atoms with Crippen molar-refractivity contribution in [2.45, 2.75) is 0 Å². The Kier molecular flexibility index (Phi) is 4.58. The normalized spacial score (nSPS) is 11.3. The molecule has 0 saturated heterocycles. The van der Waals surface area contributed by atoms with Gasteiger partial charge in [-0.1, -0.05) is 88.7 Å². The summed E-state index contributed by atoms with van der Waals surface area (Å²) in [7, 11) is 0. The monoisotopic (exact) mass is 476 g/mol. The highest BCUT2D eigenvalue weighted by Gasteiger charge is 2.18. The predicted molar refractivity (Wildman–Crippen MR) is 133 cm³/mol. The minimum atomic E-state index is 0.680. The largest absolute Gasteiger partial charge is 0.452 e. The third-order valence-corrected chi connectivity index (χ3v) is 6.04. The number of fused-ring (bicyclic) bond motifs is 3. The van der Waals surface area contributed by atoms with Crippen molar-refractivity contribution in [2.24, 2.45) is 0 Å². The van der Waals surface area contributed by atoms with Gasteiger partial charge in [-0.05, 0) is 41.5 Å². The van der Waals surface area contributed by atoms with Crippen LogP contribution in [-0.2, 0) is 0 Å². The first-order valence-corrected chi connectivity index (χ1v) is 11.2. The lowest BCUT2D eigenvalue weighted by molar-refractivity contribution is 0.667. The molecule has 0 radical (unpaired) electrons. The zero-order chi connectivity index (χ0) is 21.5. The van der Waals surface area contributed by atoms with Gasteiger partial charge in [-0.2, -0.15) is 0 Å². The van der Waals surface area contributed by atoms with Crippen LogP contribution in [0.4, 0.5) is 0 Å². The van der Waals surface area contributed by atoms with Crippen LogP contribution < -0.4 is 0 Å². The number of para-hydroxylation sites is 1. The van der Waals surface area contributed by atoms with E-state index in [2.05, 4.69) is 64.5 Å². The number of hydrogen-bond donors (Lipinski definition) is 0. The molecule has 0 aliphatic heterocycles. The average Bonchev–Trinajstić information content (AvgIpc) is 3.23. The molecule has 0 spiro atoms. The van der Waals surface area contributed by atoms with Crippen molar-refractivity contribution >= 4 is 38.0 Å². The van der Waals surface area contributed by atoms with Gasteiger partial charge in [-0.15, -0.1) is 0 Å². The first-order chi connectivity index (χ1) is 15.8. The summed E-state index contributed by atoms with van der Waals surface area (Å²) in [5, 5.41) is 0.992. The number of rotatable bonds is 3. The highest BCUT2D eigenvalue weighted by molar-refractivity contribution is 9.10. The number of nitrogens with zero attached hydrogens (tertiary/aromatic N) is 2. The molecule has 0 atom stereocenters. The Balaban J connectivity index is 1.60. The number of hydrogen-bond acceptors (Lipinski definition) is 3. The first-order valence-electron chi connectivity index (χ1n) is 10.4. The van der Waals surface area contributed by atoms with E-state index < -0.39 is 0 Å². The van der Waals surface area contributed by atoms with Gasteiger partial charge >= 0.3 is 0 Å². The summed E-state index contributed by atoms with van der Waals surface area (Å²) in [5.41, 5.74) is 7.38. The number of halogens is 1. The molecule has 32 heavy (non-hydrogen) atoms. The number of benzene rings is 4. The Labute approximate surface area is 193 Å². The lowest BCUT2D eigenvalue weighted by atomic mass is 10.0. The summed E-state index contributed by atoms with van der Waals surface area (Å²) < 4.78 is 7.26. The second-order valence-corrected chi connectivity index (χ2v) is 8.54. The molecule has 3 nitrogen and oxygen atoms in total. The van der Waals surface area contributed by atoms with Gasteiger partial charge in [0.05, 0.1) is 0 Å². The summed E-state index contributed by atoms with van der Waals surface area (Å²) in [5.74, 6) is 0.680. The Hall–Kier alpha value is -3.76. The van der Waals surface area contributed by atoms with Crippen LogP contribution in [0.15, 0.2) is 112 Å². The fraction of sp³-hybridized carbons (Fsp3) is 0. The van der Waals surface area contributed by atoms with Crippen LogP contribution in [0.5, 0.6) is 0 Å². The maximum atomic E-state index is 6.20. The molecule has 0 aliphatic rings. The number of aromatic nitrogens is 2. The van der Waals surface area contributed by atoms with Crippen LogP contribution >= 0.6 is 15.9 Å². The molecule has 152 valence electrons. The van der Waals surface area contributed by atoms with Gasteiger partial charge < -0.3 is 4.42 Å². The second kappa shape index (κ2) is 7.74. The molecule has 2 heterocycles. The van der Waals surface area contributed by atoms with Gasteiger partial charge in [-0.25, -0.2) is 9.97 Å². The van der Waals surface area contributed by atoms with Crippen molar-refractivity contribution < 1.29 is 4.42 Å². The zero-order valence-corrected chi connectivity index (χ0v) is 18.6. The average molecular weight is 477 g/mol. The van der Waals surface area contributed by atoms with E-state index in [9.17, 15) is 0 Å². The van der Waals surface area contributed by atoms with Gasteiger partial charge in [0.1, 0.15) is 16.8 Å². The zero-order valence-electron chi connectivity index (χ0n) is 17.0. The Bertz CT molecular complexity index is 1590. The van der Waals surface area contributed by atoms with Crippen molar-refractivity contribution in [3.05, 3.63) is 108 Å². The van der Waals surface area contributed by atoms with Crippen molar-refractivity contribution in [1.82, 2.24) is 9.97 Å². The van der Waals surface area contributed by atoms with Gasteiger partial charge in [-0.3, -0.25) is 0 Å². The molecule has 0 amide bonds. The van der Waals surface area contributed by atoms with Crippen molar-refractivity contribution in [3.8, 4) is 33.8 Å². The number of furan rings is 1. The Morgan fingerprint density at radius 1 is 0.594 bits per heavy atom. The minimum absolute atomic E-state index is 0.680. The molecule has 0 aliphatic carbocycles. The third kappa shape index (κ3) is 3.29. The van der Waals surface area contributed by atoms with Crippen LogP contribution in [-0.4, -0.2) is 9.97 Å². The summed E-state index contributed by atoms with van der Waals surface area (Å²) in [6, 6.07) is 34.8. The van der Waals surface area contributed by atoms with Crippen molar-refractivity contribution in [2.75, 3.05) is 0 Å². The highest BCUT2D eigenvalue weighted by atomic mass is 79.9. The van der Waals surface area contributed by atoms with E-state index in [1.807, 2.05) is 54.6 Å². The summed E-state index contributed by atoms with van der Waals surface area (Å²) in [4.78, 5) is 9.93. The maximum Gasteiger partial charge on any atom is 0.180 e. The van der Waals surface area contributed by atoms with E-state index in [1.165, 1.54) is 0 Å². The first kappa shape index (κ1) is 19.0. The predicted octanol–water partition coefficient (Wildman–Crippen LogP) is 8.14. The summed E-state index contributed by atoms with van der Waals surface area (Å²) >= 11 is 3.57. The van der Waals surface area contributed by atoms with Crippen LogP contribution in [0, 0.1) is 0 Å². The Morgan fingerprint density at radius 2 is 1.28 bits per heavy atom. The van der Waals surface area contributed by atoms with E-state index in [0.29, 0.717) is 11.4 Å². The highest BCUT2D eigenvalue weighted by Crippen LogP contribution is 2.36. The summed E-state index contributed by atoms with van der Waals surface area (Å²) in [6.45, 7) is 0. The van der Waals surface area contributed by atoms with Gasteiger partial charge in [0.15, 0.2) is 11.4 Å². The van der Waals surface area contributed by atoms with Crippen molar-refractivity contribution in [3.63, 3.8) is 0 Å². The fourth-order valence-electron chi connectivity index (χ4n) is 4.02. The molecule has 0 saturated carbocycles. The maximum absolute atomic E-state index is 6.20. The van der Waals surface area contributed by atoms with E-state index in [0.717, 1.165) is 48.9 Å². The van der Waals surface area contributed by atoms with Crippen LogP contribution in [0.1, 0.15) is 0 Å². The van der Waals surface area contributed by atoms with E-state index >= 15 is 0 Å². The van der Waals surface area contributed by atoms with Gasteiger partial charge in [0, 0.05) is 21.0 Å². The Morgan fingerprint density at radius 3 is 2.12 bits per heavy atom. The van der Waals surface area contributed by atoms with E-state index in [1.54, 1.807) is 0 Å². The molecule has 2 aromatic heterocycles. The van der Waals surface area contributed by atoms with Crippen LogP contribution in [0.2, 0.25) is 0 Å². The minimum Gasteiger partial charge on any atom is -0.452 e. The fourth-order valence-corrected chi connectivity index (χ4v) is 4.42. The molecule has 4 aromatic carbocycles. The molecular formula is C28H17BrN2O. The lowest BCUT2D eigenvalue weighted by Crippen LogP contribution is -1.94. The van der Waals surface area contributed by atoms with Crippen LogP contribution in [0.25, 0.3) is 55.8 Å². The lowest BCUT2D eigenvalue weighted by Gasteiger charge is -2.08. The SMILES string of the molecule is Brc1cccc(-c2cccc(-c3nc(-c4ccccc4)c4oc5ccccc5c4n3)c2)c1. The smallest absolute Gasteiger partial charge is 0.180 e.